The van der Waals surface area contributed by atoms with E-state index >= 15 is 0 Å². The first-order valence-electron chi connectivity index (χ1n) is 10.7. The standard InChI is InChI=1S/C22H26BN3O4S/c1-22(2)18-12-15(9-10-19(18)23(28)30-22)31(24,29)26-21(27)25-20-16-7-3-5-13(16)11-14-6-4-8-17(14)20/h9-12,28H,3-8H2,1-2H3,(H3,24,25,26,27,29). The molecule has 2 amide bonds. The summed E-state index contributed by atoms with van der Waals surface area (Å²) in [6.07, 6.45) is 6.04. The lowest BCUT2D eigenvalue weighted by atomic mass is 9.78. The predicted octanol–water partition coefficient (Wildman–Crippen LogP) is 2.76. The Kier molecular flexibility index (Phi) is 4.69. The fourth-order valence-corrected chi connectivity index (χ4v) is 6.13. The van der Waals surface area contributed by atoms with Gasteiger partial charge in [-0.05, 0) is 97.8 Å². The average Bonchev–Trinajstić information content (AvgIpc) is 3.39. The van der Waals surface area contributed by atoms with Crippen LogP contribution >= 0.6 is 0 Å². The lowest BCUT2D eigenvalue weighted by Gasteiger charge is -2.21. The summed E-state index contributed by atoms with van der Waals surface area (Å²) in [5, 5.41) is 13.0. The molecule has 0 fully saturated rings. The Hall–Kier alpha value is -2.36. The maximum absolute atomic E-state index is 13.1. The maximum Gasteiger partial charge on any atom is 0.492 e. The quantitative estimate of drug-likeness (QED) is 0.551. The molecular weight excluding hydrogens is 413 g/mol. The zero-order chi connectivity index (χ0) is 22.0. The summed E-state index contributed by atoms with van der Waals surface area (Å²) in [4.78, 5) is 13.0. The molecule has 2 aliphatic carbocycles. The van der Waals surface area contributed by atoms with E-state index in [0.29, 0.717) is 11.0 Å². The Morgan fingerprint density at radius 3 is 2.42 bits per heavy atom. The zero-order valence-electron chi connectivity index (χ0n) is 17.7. The number of carbonyl (C=O) groups excluding carboxylic acids is 1. The molecule has 0 spiro atoms. The Morgan fingerprint density at radius 2 is 1.77 bits per heavy atom. The highest BCUT2D eigenvalue weighted by atomic mass is 32.2. The van der Waals surface area contributed by atoms with Gasteiger partial charge in [-0.15, -0.1) is 0 Å². The first-order valence-corrected chi connectivity index (χ1v) is 12.3. The Bertz CT molecular complexity index is 1180. The molecule has 7 nitrogen and oxygen atoms in total. The van der Waals surface area contributed by atoms with Crippen molar-refractivity contribution in [3.8, 4) is 0 Å². The Morgan fingerprint density at radius 1 is 1.13 bits per heavy atom. The van der Waals surface area contributed by atoms with E-state index in [1.54, 1.807) is 26.0 Å². The number of anilines is 1. The van der Waals surface area contributed by atoms with Gasteiger partial charge in [0.2, 0.25) is 0 Å². The van der Waals surface area contributed by atoms with Crippen LogP contribution in [0.4, 0.5) is 10.5 Å². The smallest absolute Gasteiger partial charge is 0.423 e. The number of amides is 2. The van der Waals surface area contributed by atoms with Crippen molar-refractivity contribution in [1.82, 2.24) is 4.72 Å². The van der Waals surface area contributed by atoms with Gasteiger partial charge in [0.05, 0.1) is 10.5 Å². The third-order valence-corrected chi connectivity index (χ3v) is 8.02. The van der Waals surface area contributed by atoms with Gasteiger partial charge in [0.1, 0.15) is 0 Å². The fraction of sp³-hybridized carbons (Fsp3) is 0.409. The van der Waals surface area contributed by atoms with Crippen LogP contribution in [0.5, 0.6) is 0 Å². The van der Waals surface area contributed by atoms with Crippen LogP contribution in [0.2, 0.25) is 0 Å². The summed E-state index contributed by atoms with van der Waals surface area (Å²) in [5.74, 6) is 0. The van der Waals surface area contributed by atoms with Crippen LogP contribution in [0.3, 0.4) is 0 Å². The van der Waals surface area contributed by atoms with E-state index < -0.39 is 28.7 Å². The van der Waals surface area contributed by atoms with Gasteiger partial charge < -0.3 is 15.0 Å². The van der Waals surface area contributed by atoms with Crippen molar-refractivity contribution < 1.29 is 18.7 Å². The number of hydrogen-bond acceptors (Lipinski definition) is 5. The van der Waals surface area contributed by atoms with E-state index in [9.17, 15) is 14.0 Å². The van der Waals surface area contributed by atoms with Crippen molar-refractivity contribution in [3.63, 3.8) is 0 Å². The van der Waals surface area contributed by atoms with E-state index in [4.69, 9.17) is 9.43 Å². The molecule has 0 bridgehead atoms. The number of aryl methyl sites for hydroxylation is 2. The van der Waals surface area contributed by atoms with Gasteiger partial charge in [0.25, 0.3) is 0 Å². The van der Waals surface area contributed by atoms with Gasteiger partial charge in [-0.2, -0.15) is 0 Å². The Labute approximate surface area is 182 Å². The van der Waals surface area contributed by atoms with Crippen molar-refractivity contribution in [1.29, 1.82) is 4.78 Å². The molecular formula is C22H26BN3O4S. The summed E-state index contributed by atoms with van der Waals surface area (Å²) < 4.78 is 29.4. The number of urea groups is 1. The molecule has 9 heteroatoms. The summed E-state index contributed by atoms with van der Waals surface area (Å²) in [6.45, 7) is 3.60. The minimum atomic E-state index is -3.60. The second kappa shape index (κ2) is 7.08. The van der Waals surface area contributed by atoms with E-state index in [1.807, 2.05) is 0 Å². The van der Waals surface area contributed by atoms with Crippen LogP contribution in [0, 0.1) is 4.78 Å². The van der Waals surface area contributed by atoms with Crippen LogP contribution in [-0.2, 0) is 45.9 Å². The largest absolute Gasteiger partial charge is 0.492 e. The lowest BCUT2D eigenvalue weighted by Crippen LogP contribution is -2.35. The molecule has 4 N–H and O–H groups in total. The monoisotopic (exact) mass is 439 g/mol. The average molecular weight is 439 g/mol. The van der Waals surface area contributed by atoms with E-state index in [-0.39, 0.29) is 4.90 Å². The van der Waals surface area contributed by atoms with Gasteiger partial charge in [-0.3, -0.25) is 0 Å². The molecule has 1 heterocycles. The van der Waals surface area contributed by atoms with E-state index in [0.717, 1.165) is 44.2 Å². The van der Waals surface area contributed by atoms with Crippen LogP contribution in [0.1, 0.15) is 54.5 Å². The van der Waals surface area contributed by atoms with Gasteiger partial charge in [0.15, 0.2) is 9.92 Å². The summed E-state index contributed by atoms with van der Waals surface area (Å²) in [6, 6.07) is 6.34. The maximum atomic E-state index is 13.1. The number of nitrogens with one attached hydrogen (secondary N) is 3. The third kappa shape index (κ3) is 3.45. The molecule has 3 aliphatic rings. The molecule has 5 rings (SSSR count). The second-order valence-electron chi connectivity index (χ2n) is 9.08. The molecule has 162 valence electrons. The predicted molar refractivity (Wildman–Crippen MR) is 120 cm³/mol. The normalized spacial score (nSPS) is 20.0. The minimum absolute atomic E-state index is 0.177. The van der Waals surface area contributed by atoms with Crippen molar-refractivity contribution in [2.24, 2.45) is 0 Å². The van der Waals surface area contributed by atoms with Gasteiger partial charge >= 0.3 is 13.1 Å². The molecule has 2 aromatic rings. The zero-order valence-corrected chi connectivity index (χ0v) is 18.5. The number of rotatable bonds is 3. The van der Waals surface area contributed by atoms with Crippen molar-refractivity contribution in [2.75, 3.05) is 5.32 Å². The first kappa shape index (κ1) is 20.5. The van der Waals surface area contributed by atoms with Gasteiger partial charge in [-0.25, -0.2) is 18.5 Å². The SMILES string of the molecule is CC1(C)OB(O)c2ccc(S(=N)(=O)NC(=O)Nc3c4c(cc5c3CCC5)CCC4)cc21. The molecule has 0 saturated carbocycles. The third-order valence-electron chi connectivity index (χ3n) is 6.63. The molecule has 1 atom stereocenters. The van der Waals surface area contributed by atoms with Crippen molar-refractivity contribution in [2.45, 2.75) is 62.9 Å². The van der Waals surface area contributed by atoms with Gasteiger partial charge in [0, 0.05) is 5.69 Å². The molecule has 0 radical (unpaired) electrons. The fourth-order valence-electron chi connectivity index (χ4n) is 5.15. The first-order chi connectivity index (χ1) is 14.7. The van der Waals surface area contributed by atoms with Crippen molar-refractivity contribution in [3.05, 3.63) is 52.1 Å². The highest BCUT2D eigenvalue weighted by Gasteiger charge is 2.41. The second-order valence-corrected chi connectivity index (χ2v) is 10.9. The van der Waals surface area contributed by atoms with Gasteiger partial charge in [-0.1, -0.05) is 12.1 Å². The number of fused-ring (bicyclic) bond motifs is 3. The molecule has 0 saturated heterocycles. The van der Waals surface area contributed by atoms with Crippen LogP contribution < -0.4 is 15.5 Å². The molecule has 31 heavy (non-hydrogen) atoms. The number of hydrogen-bond donors (Lipinski definition) is 4. The van der Waals surface area contributed by atoms with Crippen LogP contribution in [-0.4, -0.2) is 22.4 Å². The van der Waals surface area contributed by atoms with Crippen molar-refractivity contribution >= 4 is 34.2 Å². The van der Waals surface area contributed by atoms with Crippen LogP contribution in [0.25, 0.3) is 0 Å². The molecule has 1 aliphatic heterocycles. The highest BCUT2D eigenvalue weighted by molar-refractivity contribution is 7.91. The molecule has 2 aromatic carbocycles. The number of benzene rings is 2. The molecule has 1 unspecified atom stereocenters. The van der Waals surface area contributed by atoms with Crippen LogP contribution in [0.15, 0.2) is 29.2 Å². The highest BCUT2D eigenvalue weighted by Crippen LogP contribution is 2.38. The topological polar surface area (TPSA) is 112 Å². The molecule has 0 aromatic heterocycles. The Balaban J connectivity index is 1.41. The summed E-state index contributed by atoms with van der Waals surface area (Å²) in [7, 11) is -4.65. The number of carbonyl (C=O) groups is 1. The van der Waals surface area contributed by atoms with E-state index in [2.05, 4.69) is 16.1 Å². The van der Waals surface area contributed by atoms with E-state index in [1.165, 1.54) is 28.3 Å². The summed E-state index contributed by atoms with van der Waals surface area (Å²) in [5.41, 5.74) is 6.27. The minimum Gasteiger partial charge on any atom is -0.423 e. The summed E-state index contributed by atoms with van der Waals surface area (Å²) >= 11 is 0. The lowest BCUT2D eigenvalue weighted by molar-refractivity contribution is 0.101.